The summed E-state index contributed by atoms with van der Waals surface area (Å²) in [4.78, 5) is 21.1. The molecule has 0 N–H and O–H groups in total. The molecule has 0 saturated heterocycles. The summed E-state index contributed by atoms with van der Waals surface area (Å²) in [6.07, 6.45) is 5.68. The van der Waals surface area contributed by atoms with Crippen LogP contribution in [0.15, 0.2) is 48.9 Å². The van der Waals surface area contributed by atoms with Crippen molar-refractivity contribution in [3.63, 3.8) is 0 Å². The first-order valence-electron chi connectivity index (χ1n) is 6.66. The third kappa shape index (κ3) is 2.20. The molecule has 0 atom stereocenters. The average Bonchev–Trinajstić information content (AvgIpc) is 2.93. The number of Topliss-reactive ketones (excluding diaryl/α,β-unsaturated/α-hetero) is 1. The van der Waals surface area contributed by atoms with E-state index in [0.717, 1.165) is 23.3 Å². The topological polar surface area (TPSA) is 47.8 Å². The molecule has 20 heavy (non-hydrogen) atoms. The molecule has 3 aromatic rings. The predicted molar refractivity (Wildman–Crippen MR) is 77.7 cm³/mol. The second kappa shape index (κ2) is 5.25. The minimum absolute atomic E-state index is 0.0736. The number of carbonyl (C=O) groups is 1. The Morgan fingerprint density at radius 3 is 2.90 bits per heavy atom. The van der Waals surface area contributed by atoms with E-state index in [4.69, 9.17) is 0 Å². The van der Waals surface area contributed by atoms with Gasteiger partial charge >= 0.3 is 0 Å². The highest BCUT2D eigenvalue weighted by Gasteiger charge is 2.13. The summed E-state index contributed by atoms with van der Waals surface area (Å²) in [6, 6.07) is 9.42. The second-order valence-electron chi connectivity index (χ2n) is 4.61. The van der Waals surface area contributed by atoms with Gasteiger partial charge in [-0.05, 0) is 19.1 Å². The van der Waals surface area contributed by atoms with Crippen molar-refractivity contribution in [1.82, 2.24) is 14.5 Å². The number of ketones is 1. The zero-order chi connectivity index (χ0) is 13.9. The normalized spacial score (nSPS) is 10.8. The molecule has 4 nitrogen and oxygen atoms in total. The summed E-state index contributed by atoms with van der Waals surface area (Å²) in [6.45, 7) is 2.86. The molecule has 3 rings (SSSR count). The van der Waals surface area contributed by atoms with E-state index in [1.54, 1.807) is 12.4 Å². The fourth-order valence-corrected chi connectivity index (χ4v) is 2.38. The van der Waals surface area contributed by atoms with Crippen LogP contribution in [0.4, 0.5) is 0 Å². The van der Waals surface area contributed by atoms with Gasteiger partial charge in [-0.25, -0.2) is 4.98 Å². The fourth-order valence-electron chi connectivity index (χ4n) is 2.38. The van der Waals surface area contributed by atoms with Crippen molar-refractivity contribution in [3.8, 4) is 0 Å². The van der Waals surface area contributed by atoms with E-state index in [1.165, 1.54) is 0 Å². The predicted octanol–water partition coefficient (Wildman–Crippen LogP) is 2.88. The van der Waals surface area contributed by atoms with Crippen LogP contribution in [-0.4, -0.2) is 20.3 Å². The number of imidazole rings is 1. The smallest absolute Gasteiger partial charge is 0.171 e. The Hall–Kier alpha value is -2.49. The molecule has 0 unspecified atom stereocenters. The van der Waals surface area contributed by atoms with Crippen molar-refractivity contribution in [3.05, 3.63) is 60.3 Å². The number of aryl methyl sites for hydroxylation is 1. The Balaban J connectivity index is 1.97. The number of carbonyl (C=O) groups excluding carboxylic acids is 1. The SMILES string of the molecule is CCn1ccnc1CC(=O)c1cccc2ncccc12. The van der Waals surface area contributed by atoms with Gasteiger partial charge in [-0.2, -0.15) is 0 Å². The highest BCUT2D eigenvalue weighted by molar-refractivity contribution is 6.07. The van der Waals surface area contributed by atoms with E-state index in [0.29, 0.717) is 12.0 Å². The lowest BCUT2D eigenvalue weighted by atomic mass is 10.0. The van der Waals surface area contributed by atoms with E-state index < -0.39 is 0 Å². The largest absolute Gasteiger partial charge is 0.335 e. The molecule has 0 bridgehead atoms. The molecular formula is C16H15N3O. The Kier molecular flexibility index (Phi) is 3.29. The third-order valence-corrected chi connectivity index (χ3v) is 3.41. The molecule has 1 aromatic carbocycles. The summed E-state index contributed by atoms with van der Waals surface area (Å²) in [7, 11) is 0. The first kappa shape index (κ1) is 12.5. The average molecular weight is 265 g/mol. The molecule has 0 aliphatic carbocycles. The summed E-state index contributed by atoms with van der Waals surface area (Å²) in [5.74, 6) is 0.878. The van der Waals surface area contributed by atoms with Crippen molar-refractivity contribution in [2.75, 3.05) is 0 Å². The van der Waals surface area contributed by atoms with Crippen LogP contribution in [0.5, 0.6) is 0 Å². The van der Waals surface area contributed by atoms with Crippen LogP contribution < -0.4 is 0 Å². The van der Waals surface area contributed by atoms with Crippen molar-refractivity contribution in [2.45, 2.75) is 19.9 Å². The van der Waals surface area contributed by atoms with E-state index in [1.807, 2.05) is 48.0 Å². The van der Waals surface area contributed by atoms with Gasteiger partial charge < -0.3 is 4.57 Å². The van der Waals surface area contributed by atoms with Gasteiger partial charge in [0, 0.05) is 36.1 Å². The number of hydrogen-bond donors (Lipinski definition) is 0. The maximum Gasteiger partial charge on any atom is 0.171 e. The third-order valence-electron chi connectivity index (χ3n) is 3.41. The Bertz CT molecular complexity index is 756. The second-order valence-corrected chi connectivity index (χ2v) is 4.61. The number of nitrogens with zero attached hydrogens (tertiary/aromatic N) is 3. The number of pyridine rings is 1. The first-order chi connectivity index (χ1) is 9.79. The van der Waals surface area contributed by atoms with Gasteiger partial charge in [0.25, 0.3) is 0 Å². The summed E-state index contributed by atoms with van der Waals surface area (Å²) in [5.41, 5.74) is 1.55. The Morgan fingerprint density at radius 2 is 2.05 bits per heavy atom. The van der Waals surface area contributed by atoms with Gasteiger partial charge in [0.15, 0.2) is 5.78 Å². The quantitative estimate of drug-likeness (QED) is 0.681. The van der Waals surface area contributed by atoms with Crippen LogP contribution in [0.2, 0.25) is 0 Å². The zero-order valence-corrected chi connectivity index (χ0v) is 11.3. The van der Waals surface area contributed by atoms with Gasteiger partial charge in [-0.15, -0.1) is 0 Å². The standard InChI is InChI=1S/C16H15N3O/c1-2-19-10-9-18-16(19)11-15(20)13-5-3-7-14-12(13)6-4-8-17-14/h3-10H,2,11H2,1H3. The molecule has 0 aliphatic heterocycles. The highest BCUT2D eigenvalue weighted by Crippen LogP contribution is 2.18. The van der Waals surface area contributed by atoms with E-state index in [9.17, 15) is 4.79 Å². The Morgan fingerprint density at radius 1 is 1.15 bits per heavy atom. The molecule has 2 heterocycles. The monoisotopic (exact) mass is 265 g/mol. The van der Waals surface area contributed by atoms with Crippen LogP contribution in [0.1, 0.15) is 23.1 Å². The molecule has 4 heteroatoms. The molecule has 0 aliphatic rings. The lowest BCUT2D eigenvalue weighted by Crippen LogP contribution is -2.10. The minimum atomic E-state index is 0.0736. The Labute approximate surface area is 117 Å². The zero-order valence-electron chi connectivity index (χ0n) is 11.3. The lowest BCUT2D eigenvalue weighted by molar-refractivity contribution is 0.0991. The van der Waals surface area contributed by atoms with Gasteiger partial charge in [-0.1, -0.05) is 18.2 Å². The van der Waals surface area contributed by atoms with Crippen LogP contribution in [0.3, 0.4) is 0 Å². The van der Waals surface area contributed by atoms with Crippen molar-refractivity contribution in [1.29, 1.82) is 0 Å². The van der Waals surface area contributed by atoms with E-state index in [2.05, 4.69) is 9.97 Å². The summed E-state index contributed by atoms with van der Waals surface area (Å²) in [5, 5.41) is 0.898. The van der Waals surface area contributed by atoms with Crippen LogP contribution in [0.25, 0.3) is 10.9 Å². The molecule has 0 fully saturated rings. The molecule has 0 saturated carbocycles. The first-order valence-corrected chi connectivity index (χ1v) is 6.66. The maximum absolute atomic E-state index is 12.5. The van der Waals surface area contributed by atoms with Crippen molar-refractivity contribution < 1.29 is 4.79 Å². The number of benzene rings is 1. The van der Waals surface area contributed by atoms with Gasteiger partial charge in [-0.3, -0.25) is 9.78 Å². The molecule has 0 amide bonds. The number of rotatable bonds is 4. The van der Waals surface area contributed by atoms with Gasteiger partial charge in [0.2, 0.25) is 0 Å². The maximum atomic E-state index is 12.5. The summed E-state index contributed by atoms with van der Waals surface area (Å²) < 4.78 is 1.99. The van der Waals surface area contributed by atoms with Crippen molar-refractivity contribution >= 4 is 16.7 Å². The highest BCUT2D eigenvalue weighted by atomic mass is 16.1. The van der Waals surface area contributed by atoms with Gasteiger partial charge in [0.1, 0.15) is 5.82 Å². The van der Waals surface area contributed by atoms with Crippen LogP contribution in [-0.2, 0) is 13.0 Å². The minimum Gasteiger partial charge on any atom is -0.335 e. The molecular weight excluding hydrogens is 250 g/mol. The van der Waals surface area contributed by atoms with Crippen LogP contribution >= 0.6 is 0 Å². The number of aromatic nitrogens is 3. The fraction of sp³-hybridized carbons (Fsp3) is 0.188. The number of hydrogen-bond acceptors (Lipinski definition) is 3. The van der Waals surface area contributed by atoms with E-state index in [-0.39, 0.29) is 5.78 Å². The lowest BCUT2D eigenvalue weighted by Gasteiger charge is -2.06. The van der Waals surface area contributed by atoms with E-state index >= 15 is 0 Å². The van der Waals surface area contributed by atoms with Gasteiger partial charge in [0.05, 0.1) is 11.9 Å². The van der Waals surface area contributed by atoms with Crippen LogP contribution in [0, 0.1) is 0 Å². The molecule has 2 aromatic heterocycles. The molecule has 0 radical (unpaired) electrons. The molecule has 100 valence electrons. The molecule has 0 spiro atoms. The summed E-state index contributed by atoms with van der Waals surface area (Å²) >= 11 is 0. The van der Waals surface area contributed by atoms with Crippen molar-refractivity contribution in [2.24, 2.45) is 0 Å². The number of fused-ring (bicyclic) bond motifs is 1.